The van der Waals surface area contributed by atoms with Crippen LogP contribution in [0.5, 0.6) is 0 Å². The molecule has 0 saturated carbocycles. The van der Waals surface area contributed by atoms with Gasteiger partial charge in [0.2, 0.25) is 0 Å². The lowest BCUT2D eigenvalue weighted by Crippen LogP contribution is -2.34. The number of alkyl carbamates (subject to hydrolysis) is 1. The number of rotatable bonds is 14. The van der Waals surface area contributed by atoms with Crippen molar-refractivity contribution in [1.82, 2.24) is 20.5 Å². The summed E-state index contributed by atoms with van der Waals surface area (Å²) >= 11 is 0. The fourth-order valence-electron chi connectivity index (χ4n) is 5.33. The number of hydrogen-bond donors (Lipinski definition) is 3. The maximum atomic E-state index is 15.1. The molecule has 0 aliphatic carbocycles. The SMILES string of the molecule is C=N/C(=C\C=C/C)SSCCOC(=O)NC(CC(C)C)n1c(-c2ccc(CNC)cc2)c2c3c(cc(F)cc31)C(=O)NCC2. The molecular weight excluding hydrogens is 598 g/mol. The summed E-state index contributed by atoms with van der Waals surface area (Å²) in [6.07, 6.45) is 5.69. The van der Waals surface area contributed by atoms with Gasteiger partial charge in [-0.15, -0.1) is 0 Å². The standard InChI is InChI=1S/C33H40FN5O3S2/c1-6-7-8-29(36-5)44-43-16-15-42-33(41)38-28(17-21(2)3)39-27-19-24(34)18-26-30(27)25(13-14-37-32(26)40)31(39)23-11-9-22(10-12-23)20-35-4/h6-12,18-19,21,28,35H,5,13-17,20H2,1-4H3,(H,37,40)(H,38,41)/b7-6-,29-8+. The van der Waals surface area contributed by atoms with Crippen LogP contribution in [0, 0.1) is 11.7 Å². The van der Waals surface area contributed by atoms with E-state index in [2.05, 4.69) is 53.6 Å². The van der Waals surface area contributed by atoms with Gasteiger partial charge in [0.15, 0.2) is 0 Å². The van der Waals surface area contributed by atoms with E-state index in [0.717, 1.165) is 34.0 Å². The third-order valence-electron chi connectivity index (χ3n) is 7.11. The van der Waals surface area contributed by atoms with Crippen molar-refractivity contribution >= 4 is 51.2 Å². The molecule has 0 fully saturated rings. The summed E-state index contributed by atoms with van der Waals surface area (Å²) in [5, 5.41) is 10.6. The Labute approximate surface area is 266 Å². The molecule has 1 aliphatic heterocycles. The zero-order chi connectivity index (χ0) is 31.6. The predicted molar refractivity (Wildman–Crippen MR) is 182 cm³/mol. The van der Waals surface area contributed by atoms with Crippen LogP contribution in [0.2, 0.25) is 0 Å². The van der Waals surface area contributed by atoms with Crippen molar-refractivity contribution in [2.45, 2.75) is 46.3 Å². The van der Waals surface area contributed by atoms with Gasteiger partial charge in [-0.05, 0) is 85.1 Å². The molecule has 1 unspecified atom stereocenters. The fraction of sp³-hybridized carbons (Fsp3) is 0.364. The van der Waals surface area contributed by atoms with Crippen molar-refractivity contribution in [3.05, 3.63) is 82.2 Å². The van der Waals surface area contributed by atoms with E-state index in [1.165, 1.54) is 33.7 Å². The Kier molecular flexibility index (Phi) is 12.1. The molecule has 3 N–H and O–H groups in total. The molecule has 2 heterocycles. The molecule has 0 spiro atoms. The van der Waals surface area contributed by atoms with Crippen LogP contribution in [-0.4, -0.2) is 49.2 Å². The van der Waals surface area contributed by atoms with Crippen LogP contribution in [0.3, 0.4) is 0 Å². The highest BCUT2D eigenvalue weighted by molar-refractivity contribution is 8.78. The molecule has 234 valence electrons. The minimum atomic E-state index is -0.562. The van der Waals surface area contributed by atoms with Crippen LogP contribution in [0.4, 0.5) is 9.18 Å². The van der Waals surface area contributed by atoms with Gasteiger partial charge in [-0.1, -0.05) is 61.1 Å². The number of halogens is 1. The number of benzene rings is 2. The lowest BCUT2D eigenvalue weighted by atomic mass is 9.99. The smallest absolute Gasteiger partial charge is 0.408 e. The van der Waals surface area contributed by atoms with Crippen molar-refractivity contribution in [1.29, 1.82) is 0 Å². The zero-order valence-electron chi connectivity index (χ0n) is 25.6. The molecule has 1 atom stereocenters. The number of aliphatic imine (C=N–C) groups is 1. The Balaban J connectivity index is 1.69. The van der Waals surface area contributed by atoms with Crippen LogP contribution in [-0.2, 0) is 17.7 Å². The van der Waals surface area contributed by atoms with Crippen molar-refractivity contribution in [3.8, 4) is 11.3 Å². The first-order valence-electron chi connectivity index (χ1n) is 14.7. The van der Waals surface area contributed by atoms with Crippen LogP contribution in [0.1, 0.15) is 54.8 Å². The molecule has 44 heavy (non-hydrogen) atoms. The van der Waals surface area contributed by atoms with E-state index in [0.29, 0.717) is 41.6 Å². The Morgan fingerprint density at radius 1 is 1.27 bits per heavy atom. The van der Waals surface area contributed by atoms with Crippen LogP contribution >= 0.6 is 21.6 Å². The summed E-state index contributed by atoms with van der Waals surface area (Å²) in [6.45, 7) is 11.0. The molecular formula is C33H40FN5O3S2. The molecule has 0 bridgehead atoms. The summed E-state index contributed by atoms with van der Waals surface area (Å²) in [7, 11) is 4.88. The third-order valence-corrected chi connectivity index (χ3v) is 9.36. The number of nitrogens with one attached hydrogen (secondary N) is 3. The van der Waals surface area contributed by atoms with Gasteiger partial charge < -0.3 is 25.3 Å². The molecule has 3 aromatic rings. The van der Waals surface area contributed by atoms with Crippen LogP contribution in [0.25, 0.3) is 22.2 Å². The quantitative estimate of drug-likeness (QED) is 0.0748. The van der Waals surface area contributed by atoms with Gasteiger partial charge >= 0.3 is 6.09 Å². The van der Waals surface area contributed by atoms with Gasteiger partial charge in [-0.2, -0.15) is 0 Å². The van der Waals surface area contributed by atoms with E-state index in [9.17, 15) is 9.59 Å². The van der Waals surface area contributed by atoms with E-state index in [-0.39, 0.29) is 18.4 Å². The predicted octanol–water partition coefficient (Wildman–Crippen LogP) is 7.22. The first-order valence-corrected chi connectivity index (χ1v) is 17.0. The fourth-order valence-corrected chi connectivity index (χ4v) is 7.02. The normalized spacial score (nSPS) is 14.1. The Morgan fingerprint density at radius 3 is 2.73 bits per heavy atom. The van der Waals surface area contributed by atoms with Gasteiger partial charge in [-0.25, -0.2) is 9.18 Å². The molecule has 8 nitrogen and oxygen atoms in total. The maximum absolute atomic E-state index is 15.1. The van der Waals surface area contributed by atoms with Gasteiger partial charge in [0.05, 0.1) is 16.8 Å². The zero-order valence-corrected chi connectivity index (χ0v) is 27.2. The second-order valence-corrected chi connectivity index (χ2v) is 13.2. The summed E-state index contributed by atoms with van der Waals surface area (Å²) < 4.78 is 22.7. The number of amides is 2. The van der Waals surface area contributed by atoms with E-state index in [1.54, 1.807) is 0 Å². The molecule has 4 rings (SSSR count). The molecule has 11 heteroatoms. The number of ether oxygens (including phenoxy) is 1. The van der Waals surface area contributed by atoms with Crippen LogP contribution < -0.4 is 16.0 Å². The minimum absolute atomic E-state index is 0.192. The average molecular weight is 638 g/mol. The summed E-state index contributed by atoms with van der Waals surface area (Å²) in [4.78, 5) is 30.2. The topological polar surface area (TPSA) is 96.8 Å². The highest BCUT2D eigenvalue weighted by atomic mass is 33.1. The lowest BCUT2D eigenvalue weighted by molar-refractivity contribution is 0.0956. The second kappa shape index (κ2) is 16.0. The molecule has 2 amide bonds. The largest absolute Gasteiger partial charge is 0.449 e. The average Bonchev–Trinajstić information content (AvgIpc) is 3.21. The molecule has 1 aliphatic rings. The van der Waals surface area contributed by atoms with Gasteiger partial charge in [0.1, 0.15) is 23.6 Å². The number of allylic oxidation sites excluding steroid dienone is 3. The number of nitrogens with zero attached hydrogens (tertiary/aromatic N) is 2. The number of hydrogen-bond acceptors (Lipinski definition) is 7. The maximum Gasteiger partial charge on any atom is 0.408 e. The highest BCUT2D eigenvalue weighted by Crippen LogP contribution is 2.40. The molecule has 0 saturated heterocycles. The van der Waals surface area contributed by atoms with E-state index in [4.69, 9.17) is 4.74 Å². The number of carbonyl (C=O) groups excluding carboxylic acids is 2. The Hall–Kier alpha value is -3.54. The van der Waals surface area contributed by atoms with E-state index >= 15 is 4.39 Å². The van der Waals surface area contributed by atoms with E-state index in [1.807, 2.05) is 48.9 Å². The third kappa shape index (κ3) is 8.13. The van der Waals surface area contributed by atoms with Gasteiger partial charge in [0.25, 0.3) is 5.91 Å². The first kappa shape index (κ1) is 33.4. The Morgan fingerprint density at radius 2 is 2.05 bits per heavy atom. The lowest BCUT2D eigenvalue weighted by Gasteiger charge is -2.26. The summed E-state index contributed by atoms with van der Waals surface area (Å²) in [5.41, 5.74) is 4.72. The van der Waals surface area contributed by atoms with Crippen molar-refractivity contribution in [3.63, 3.8) is 0 Å². The van der Waals surface area contributed by atoms with Crippen LogP contribution in [0.15, 0.2) is 64.6 Å². The van der Waals surface area contributed by atoms with E-state index < -0.39 is 18.1 Å². The molecule has 0 radical (unpaired) electrons. The van der Waals surface area contributed by atoms with Crippen molar-refractivity contribution in [2.75, 3.05) is 26.0 Å². The number of aromatic nitrogens is 1. The monoisotopic (exact) mass is 637 g/mol. The molecule has 2 aromatic carbocycles. The molecule has 1 aromatic heterocycles. The summed E-state index contributed by atoms with van der Waals surface area (Å²) in [5.74, 6) is -0.0694. The van der Waals surface area contributed by atoms with Crippen molar-refractivity contribution < 1.29 is 18.7 Å². The first-order chi connectivity index (χ1) is 21.3. The van der Waals surface area contributed by atoms with Gasteiger partial charge in [-0.3, -0.25) is 9.79 Å². The van der Waals surface area contributed by atoms with Gasteiger partial charge in [0, 0.05) is 24.2 Å². The Bertz CT molecular complexity index is 1550. The second-order valence-electron chi connectivity index (χ2n) is 10.8. The van der Waals surface area contributed by atoms with Crippen molar-refractivity contribution in [2.24, 2.45) is 10.9 Å². The summed E-state index contributed by atoms with van der Waals surface area (Å²) in [6, 6.07) is 10.9. The number of carbonyl (C=O) groups is 2. The minimum Gasteiger partial charge on any atom is -0.449 e. The highest BCUT2D eigenvalue weighted by Gasteiger charge is 2.30.